The van der Waals surface area contributed by atoms with Gasteiger partial charge in [0.15, 0.2) is 11.5 Å². The second-order valence-corrected chi connectivity index (χ2v) is 6.16. The summed E-state index contributed by atoms with van der Waals surface area (Å²) in [6, 6.07) is 1.22. The van der Waals surface area contributed by atoms with E-state index in [4.69, 9.17) is 16.2 Å². The molecule has 0 spiro atoms. The van der Waals surface area contributed by atoms with Gasteiger partial charge in [0.2, 0.25) is 0 Å². The summed E-state index contributed by atoms with van der Waals surface area (Å²) < 4.78 is 34.9. The standard InChI is InChI=1S/C13H12ClNO6S/c1-5-9(21-22(18,19)20)4-8-11(12(5)14)6(2)10(7(3)16)13(17)15-8/h4H,1-3H3,(H,15,17)(H,18,19,20). The monoisotopic (exact) mass is 345 g/mol. The Kier molecular flexibility index (Phi) is 4.03. The molecule has 0 unspecified atom stereocenters. The van der Waals surface area contributed by atoms with E-state index in [1.165, 1.54) is 19.9 Å². The maximum Gasteiger partial charge on any atom is 0.446 e. The number of aromatic nitrogens is 1. The average molecular weight is 346 g/mol. The first-order valence-electron chi connectivity index (χ1n) is 6.06. The first-order valence-corrected chi connectivity index (χ1v) is 7.80. The van der Waals surface area contributed by atoms with Crippen molar-refractivity contribution in [2.24, 2.45) is 0 Å². The van der Waals surface area contributed by atoms with E-state index in [0.717, 1.165) is 0 Å². The van der Waals surface area contributed by atoms with E-state index in [2.05, 4.69) is 9.17 Å². The molecule has 0 aliphatic carbocycles. The van der Waals surface area contributed by atoms with E-state index in [1.807, 2.05) is 0 Å². The van der Waals surface area contributed by atoms with Gasteiger partial charge >= 0.3 is 10.4 Å². The Labute approximate surface area is 130 Å². The maximum atomic E-state index is 12.0. The fourth-order valence-corrected chi connectivity index (χ4v) is 3.03. The van der Waals surface area contributed by atoms with Gasteiger partial charge in [-0.15, -0.1) is 0 Å². The van der Waals surface area contributed by atoms with E-state index >= 15 is 0 Å². The second-order valence-electron chi connectivity index (χ2n) is 4.76. The van der Waals surface area contributed by atoms with E-state index in [1.54, 1.807) is 6.92 Å². The van der Waals surface area contributed by atoms with Crippen LogP contribution in [0.5, 0.6) is 5.75 Å². The summed E-state index contributed by atoms with van der Waals surface area (Å²) in [7, 11) is -4.73. The van der Waals surface area contributed by atoms with Crippen molar-refractivity contribution in [3.8, 4) is 5.75 Å². The predicted molar refractivity (Wildman–Crippen MR) is 81.2 cm³/mol. The first kappa shape index (κ1) is 16.5. The summed E-state index contributed by atoms with van der Waals surface area (Å²) in [4.78, 5) is 26.0. The minimum absolute atomic E-state index is 0.0164. The molecule has 2 aromatic rings. The van der Waals surface area contributed by atoms with Crippen LogP contribution in [0, 0.1) is 13.8 Å². The summed E-state index contributed by atoms with van der Waals surface area (Å²) in [6.45, 7) is 4.32. The van der Waals surface area contributed by atoms with Crippen molar-refractivity contribution in [1.82, 2.24) is 4.98 Å². The highest BCUT2D eigenvalue weighted by atomic mass is 35.5. The van der Waals surface area contributed by atoms with Gasteiger partial charge in [-0.1, -0.05) is 11.6 Å². The van der Waals surface area contributed by atoms with Gasteiger partial charge in [-0.05, 0) is 26.3 Å². The minimum Gasteiger partial charge on any atom is -0.361 e. The number of halogens is 1. The second kappa shape index (κ2) is 5.38. The van der Waals surface area contributed by atoms with Crippen LogP contribution >= 0.6 is 11.6 Å². The molecular weight excluding hydrogens is 334 g/mol. The molecule has 0 saturated heterocycles. The molecule has 1 aromatic carbocycles. The van der Waals surface area contributed by atoms with Crippen molar-refractivity contribution in [2.45, 2.75) is 20.8 Å². The van der Waals surface area contributed by atoms with E-state index in [-0.39, 0.29) is 27.4 Å². The molecule has 1 aromatic heterocycles. The molecule has 0 saturated carbocycles. The van der Waals surface area contributed by atoms with Gasteiger partial charge in [-0.3, -0.25) is 14.1 Å². The molecule has 0 atom stereocenters. The fourth-order valence-electron chi connectivity index (χ4n) is 2.29. The molecule has 2 N–H and O–H groups in total. The van der Waals surface area contributed by atoms with Crippen LogP contribution in [-0.2, 0) is 10.4 Å². The number of aromatic amines is 1. The molecule has 22 heavy (non-hydrogen) atoms. The Bertz CT molecular complexity index is 961. The predicted octanol–water partition coefficient (Wildman–Crippen LogP) is 2.18. The Balaban J connectivity index is 2.92. The third-order valence-electron chi connectivity index (χ3n) is 3.24. The average Bonchev–Trinajstić information content (AvgIpc) is 2.32. The molecule has 7 nitrogen and oxygen atoms in total. The topological polar surface area (TPSA) is 114 Å². The molecule has 0 bridgehead atoms. The number of nitrogens with one attached hydrogen (secondary N) is 1. The van der Waals surface area contributed by atoms with Crippen molar-refractivity contribution in [2.75, 3.05) is 0 Å². The molecule has 0 aliphatic rings. The van der Waals surface area contributed by atoms with Gasteiger partial charge in [-0.2, -0.15) is 8.42 Å². The van der Waals surface area contributed by atoms with Gasteiger partial charge in [0.05, 0.1) is 16.1 Å². The van der Waals surface area contributed by atoms with Crippen molar-refractivity contribution in [3.63, 3.8) is 0 Å². The Morgan fingerprint density at radius 3 is 2.41 bits per heavy atom. The largest absolute Gasteiger partial charge is 0.446 e. The van der Waals surface area contributed by atoms with E-state index in [0.29, 0.717) is 10.9 Å². The number of benzene rings is 1. The van der Waals surface area contributed by atoms with Crippen LogP contribution in [0.1, 0.15) is 28.4 Å². The number of fused-ring (bicyclic) bond motifs is 1. The van der Waals surface area contributed by atoms with Crippen LogP contribution in [-0.4, -0.2) is 23.7 Å². The fraction of sp³-hybridized carbons (Fsp3) is 0.231. The summed E-state index contributed by atoms with van der Waals surface area (Å²) >= 11 is 6.20. The highest BCUT2D eigenvalue weighted by Crippen LogP contribution is 2.35. The van der Waals surface area contributed by atoms with Crippen LogP contribution in [0.4, 0.5) is 0 Å². The van der Waals surface area contributed by atoms with Crippen LogP contribution < -0.4 is 9.74 Å². The number of aryl methyl sites for hydroxylation is 1. The normalized spacial score (nSPS) is 11.7. The van der Waals surface area contributed by atoms with Gasteiger partial charge < -0.3 is 9.17 Å². The number of rotatable bonds is 3. The lowest BCUT2D eigenvalue weighted by Gasteiger charge is -2.13. The molecule has 1 heterocycles. The lowest BCUT2D eigenvalue weighted by atomic mass is 10.0. The van der Waals surface area contributed by atoms with Crippen molar-refractivity contribution >= 4 is 38.7 Å². The highest BCUT2D eigenvalue weighted by Gasteiger charge is 2.20. The molecule has 0 amide bonds. The van der Waals surface area contributed by atoms with Crippen LogP contribution in [0.25, 0.3) is 10.9 Å². The van der Waals surface area contributed by atoms with Crippen LogP contribution in [0.15, 0.2) is 10.9 Å². The lowest BCUT2D eigenvalue weighted by Crippen LogP contribution is -2.18. The summed E-state index contributed by atoms with van der Waals surface area (Å²) in [5.74, 6) is -0.627. The number of carbonyl (C=O) groups excluding carboxylic acids is 1. The molecule has 9 heteroatoms. The zero-order valence-corrected chi connectivity index (χ0v) is 13.4. The summed E-state index contributed by atoms with van der Waals surface area (Å²) in [5, 5.41) is 0.527. The van der Waals surface area contributed by atoms with Gasteiger partial charge in [0, 0.05) is 17.0 Å². The van der Waals surface area contributed by atoms with E-state index < -0.39 is 21.7 Å². The number of Topliss-reactive ketones (excluding diaryl/α,β-unsaturated/α-hetero) is 1. The molecule has 0 radical (unpaired) electrons. The van der Waals surface area contributed by atoms with Crippen molar-refractivity contribution in [3.05, 3.63) is 38.1 Å². The number of carbonyl (C=O) groups is 1. The van der Waals surface area contributed by atoms with Gasteiger partial charge in [-0.25, -0.2) is 0 Å². The maximum absolute atomic E-state index is 12.0. The molecular formula is C13H12ClNO6S. The molecule has 2 rings (SSSR count). The van der Waals surface area contributed by atoms with E-state index in [9.17, 15) is 18.0 Å². The number of H-pyrrole nitrogens is 1. The molecule has 0 aliphatic heterocycles. The summed E-state index contributed by atoms with van der Waals surface area (Å²) in [5.41, 5.74) is 0.198. The lowest BCUT2D eigenvalue weighted by molar-refractivity contribution is 0.101. The quantitative estimate of drug-likeness (QED) is 0.651. The highest BCUT2D eigenvalue weighted by molar-refractivity contribution is 7.81. The van der Waals surface area contributed by atoms with Crippen LogP contribution in [0.2, 0.25) is 5.02 Å². The number of ketones is 1. The van der Waals surface area contributed by atoms with Gasteiger partial charge in [0.25, 0.3) is 5.56 Å². The summed E-state index contributed by atoms with van der Waals surface area (Å²) in [6.07, 6.45) is 0. The number of hydrogen-bond acceptors (Lipinski definition) is 5. The number of pyridine rings is 1. The Morgan fingerprint density at radius 2 is 1.91 bits per heavy atom. The van der Waals surface area contributed by atoms with Crippen molar-refractivity contribution in [1.29, 1.82) is 0 Å². The van der Waals surface area contributed by atoms with Crippen LogP contribution in [0.3, 0.4) is 0 Å². The van der Waals surface area contributed by atoms with Gasteiger partial charge in [0.1, 0.15) is 0 Å². The molecule has 118 valence electrons. The zero-order valence-electron chi connectivity index (χ0n) is 11.9. The SMILES string of the molecule is CC(=O)c1c(C)c2c(Cl)c(C)c(OS(=O)(=O)O)cc2[nH]c1=O. The smallest absolute Gasteiger partial charge is 0.361 e. The van der Waals surface area contributed by atoms with Crippen molar-refractivity contribution < 1.29 is 21.9 Å². The Hall–Kier alpha value is -1.90. The minimum atomic E-state index is -4.73. The third kappa shape index (κ3) is 2.85. The zero-order chi connectivity index (χ0) is 16.8. The number of hydrogen-bond donors (Lipinski definition) is 2. The first-order chi connectivity index (χ1) is 10.0. The molecule has 0 fully saturated rings. The Morgan fingerprint density at radius 1 is 1.32 bits per heavy atom. The third-order valence-corrected chi connectivity index (χ3v) is 4.10.